The summed E-state index contributed by atoms with van der Waals surface area (Å²) in [6.07, 6.45) is 2.10. The first-order valence-electron chi connectivity index (χ1n) is 6.49. The van der Waals surface area contributed by atoms with Crippen molar-refractivity contribution >= 4 is 11.7 Å². The molecule has 0 saturated heterocycles. The van der Waals surface area contributed by atoms with Crippen LogP contribution in [0, 0.1) is 11.2 Å². The number of hydrogen-bond acceptors (Lipinski definition) is 4. The highest BCUT2D eigenvalue weighted by Crippen LogP contribution is 2.27. The van der Waals surface area contributed by atoms with E-state index in [0.717, 1.165) is 6.42 Å². The third-order valence-corrected chi connectivity index (χ3v) is 2.69. The van der Waals surface area contributed by atoms with Crippen molar-refractivity contribution in [2.75, 3.05) is 5.43 Å². The van der Waals surface area contributed by atoms with E-state index < -0.39 is 17.3 Å². The number of anilines is 1. The number of hydrogen-bond donors (Lipinski definition) is 3. The molecule has 1 heterocycles. The van der Waals surface area contributed by atoms with Gasteiger partial charge in [0, 0.05) is 11.7 Å². The van der Waals surface area contributed by atoms with Crippen LogP contribution >= 0.6 is 0 Å². The summed E-state index contributed by atoms with van der Waals surface area (Å²) in [6, 6.07) is 1.33. The standard InChI is InChI=1S/C14H23FN4O/c1-13(2,3)8-14(4,5)18-12(20)9-6-7-17-11(19-16)10(9)15/h6-7H,8,16H2,1-5H3,(H,17,19)(H,18,20). The molecule has 20 heavy (non-hydrogen) atoms. The Morgan fingerprint density at radius 2 is 1.95 bits per heavy atom. The Morgan fingerprint density at radius 1 is 1.35 bits per heavy atom. The van der Waals surface area contributed by atoms with Gasteiger partial charge >= 0.3 is 0 Å². The quantitative estimate of drug-likeness (QED) is 0.585. The zero-order valence-corrected chi connectivity index (χ0v) is 12.7. The Kier molecular flexibility index (Phi) is 4.70. The third-order valence-electron chi connectivity index (χ3n) is 2.69. The average molecular weight is 282 g/mol. The van der Waals surface area contributed by atoms with Crippen LogP contribution in [0.2, 0.25) is 0 Å². The maximum atomic E-state index is 14.0. The van der Waals surface area contributed by atoms with E-state index in [4.69, 9.17) is 5.84 Å². The van der Waals surface area contributed by atoms with Gasteiger partial charge < -0.3 is 10.7 Å². The highest BCUT2D eigenvalue weighted by Gasteiger charge is 2.28. The van der Waals surface area contributed by atoms with Crippen LogP contribution in [-0.4, -0.2) is 16.4 Å². The number of halogens is 1. The number of carbonyl (C=O) groups is 1. The molecule has 0 saturated carbocycles. The molecule has 6 heteroatoms. The van der Waals surface area contributed by atoms with E-state index in [1.165, 1.54) is 12.3 Å². The molecule has 0 atom stereocenters. The fraction of sp³-hybridized carbons (Fsp3) is 0.571. The lowest BCUT2D eigenvalue weighted by molar-refractivity contribution is 0.0887. The van der Waals surface area contributed by atoms with E-state index in [1.807, 2.05) is 13.8 Å². The minimum absolute atomic E-state index is 0.0531. The van der Waals surface area contributed by atoms with E-state index >= 15 is 0 Å². The van der Waals surface area contributed by atoms with Gasteiger partial charge in [0.2, 0.25) is 0 Å². The number of nitrogen functional groups attached to an aromatic ring is 1. The molecule has 0 aromatic carbocycles. The molecule has 0 fully saturated rings. The molecule has 1 rings (SSSR count). The molecule has 1 aromatic rings. The Morgan fingerprint density at radius 3 is 2.45 bits per heavy atom. The maximum Gasteiger partial charge on any atom is 0.254 e. The molecule has 0 unspecified atom stereocenters. The molecule has 0 aliphatic heterocycles. The van der Waals surface area contributed by atoms with Crippen LogP contribution < -0.4 is 16.6 Å². The molecule has 5 nitrogen and oxygen atoms in total. The second-order valence-electron chi connectivity index (χ2n) is 6.74. The van der Waals surface area contributed by atoms with Gasteiger partial charge in [0.25, 0.3) is 5.91 Å². The molecule has 112 valence electrons. The summed E-state index contributed by atoms with van der Waals surface area (Å²) in [5.74, 6) is 3.77. The van der Waals surface area contributed by atoms with Crippen molar-refractivity contribution in [1.82, 2.24) is 10.3 Å². The van der Waals surface area contributed by atoms with E-state index in [0.29, 0.717) is 0 Å². The second-order valence-corrected chi connectivity index (χ2v) is 6.74. The van der Waals surface area contributed by atoms with Crippen molar-refractivity contribution in [3.8, 4) is 0 Å². The number of rotatable bonds is 4. The largest absolute Gasteiger partial charge is 0.347 e. The van der Waals surface area contributed by atoms with Gasteiger partial charge in [0.1, 0.15) is 0 Å². The number of pyridine rings is 1. The first-order chi connectivity index (χ1) is 9.06. The molecule has 4 N–H and O–H groups in total. The highest BCUT2D eigenvalue weighted by atomic mass is 19.1. The molecule has 1 amide bonds. The van der Waals surface area contributed by atoms with Crippen LogP contribution in [-0.2, 0) is 0 Å². The second kappa shape index (κ2) is 5.75. The van der Waals surface area contributed by atoms with E-state index in [1.54, 1.807) is 0 Å². The number of aromatic nitrogens is 1. The first-order valence-corrected chi connectivity index (χ1v) is 6.49. The van der Waals surface area contributed by atoms with Crippen LogP contribution in [0.3, 0.4) is 0 Å². The Labute approximate surface area is 119 Å². The summed E-state index contributed by atoms with van der Waals surface area (Å²) in [5.41, 5.74) is 1.66. The maximum absolute atomic E-state index is 14.0. The van der Waals surface area contributed by atoms with Gasteiger partial charge in [-0.15, -0.1) is 0 Å². The lowest BCUT2D eigenvalue weighted by Crippen LogP contribution is -2.46. The van der Waals surface area contributed by atoms with Gasteiger partial charge in [-0.25, -0.2) is 15.2 Å². The Bertz CT molecular complexity index is 494. The number of nitrogens with one attached hydrogen (secondary N) is 2. The summed E-state index contributed by atoms with van der Waals surface area (Å²) in [4.78, 5) is 15.9. The number of nitrogens with zero attached hydrogens (tertiary/aromatic N) is 1. The molecular formula is C14H23FN4O. The Balaban J connectivity index is 2.92. The van der Waals surface area contributed by atoms with Gasteiger partial charge in [0.05, 0.1) is 5.56 Å². The predicted molar refractivity (Wildman–Crippen MR) is 77.6 cm³/mol. The van der Waals surface area contributed by atoms with Gasteiger partial charge in [0.15, 0.2) is 11.6 Å². The smallest absolute Gasteiger partial charge is 0.254 e. The van der Waals surface area contributed by atoms with E-state index in [9.17, 15) is 9.18 Å². The van der Waals surface area contributed by atoms with Crippen LogP contribution in [0.1, 0.15) is 51.4 Å². The minimum atomic E-state index is -0.751. The summed E-state index contributed by atoms with van der Waals surface area (Å²) < 4.78 is 14.0. The molecule has 0 spiro atoms. The monoisotopic (exact) mass is 282 g/mol. The summed E-state index contributed by atoms with van der Waals surface area (Å²) in [7, 11) is 0. The first kappa shape index (κ1) is 16.4. The predicted octanol–water partition coefficient (Wildman–Crippen LogP) is 2.45. The number of carbonyl (C=O) groups excluding carboxylic acids is 1. The summed E-state index contributed by atoms with van der Waals surface area (Å²) in [6.45, 7) is 10.1. The van der Waals surface area contributed by atoms with Gasteiger partial charge in [-0.1, -0.05) is 20.8 Å². The topological polar surface area (TPSA) is 80.0 Å². The van der Waals surface area contributed by atoms with Crippen molar-refractivity contribution in [3.63, 3.8) is 0 Å². The van der Waals surface area contributed by atoms with Crippen molar-refractivity contribution in [2.24, 2.45) is 11.3 Å². The van der Waals surface area contributed by atoms with Crippen LogP contribution in [0.5, 0.6) is 0 Å². The number of hydrazine groups is 1. The van der Waals surface area contributed by atoms with Crippen LogP contribution in [0.15, 0.2) is 12.3 Å². The molecule has 0 aliphatic rings. The fourth-order valence-electron chi connectivity index (χ4n) is 2.46. The molecule has 0 aliphatic carbocycles. The van der Waals surface area contributed by atoms with Crippen molar-refractivity contribution in [3.05, 3.63) is 23.6 Å². The SMILES string of the molecule is CC(C)(C)CC(C)(C)NC(=O)c1ccnc(NN)c1F. The number of nitrogens with two attached hydrogens (primary N) is 1. The normalized spacial score (nSPS) is 12.2. The van der Waals surface area contributed by atoms with Crippen molar-refractivity contribution in [1.29, 1.82) is 0 Å². The Hall–Kier alpha value is -1.69. The van der Waals surface area contributed by atoms with E-state index in [2.05, 4.69) is 36.5 Å². The number of amides is 1. The summed E-state index contributed by atoms with van der Waals surface area (Å²) >= 11 is 0. The zero-order valence-electron chi connectivity index (χ0n) is 12.7. The fourth-order valence-corrected chi connectivity index (χ4v) is 2.46. The van der Waals surface area contributed by atoms with Crippen LogP contribution in [0.25, 0.3) is 0 Å². The zero-order chi connectivity index (χ0) is 15.6. The van der Waals surface area contributed by atoms with Gasteiger partial charge in [-0.3, -0.25) is 4.79 Å². The molecule has 0 bridgehead atoms. The lowest BCUT2D eigenvalue weighted by Gasteiger charge is -2.33. The molecule has 0 radical (unpaired) electrons. The van der Waals surface area contributed by atoms with Gasteiger partial charge in [-0.2, -0.15) is 0 Å². The van der Waals surface area contributed by atoms with E-state index in [-0.39, 0.29) is 16.8 Å². The van der Waals surface area contributed by atoms with Crippen molar-refractivity contribution in [2.45, 2.75) is 46.6 Å². The van der Waals surface area contributed by atoms with Crippen LogP contribution in [0.4, 0.5) is 10.2 Å². The van der Waals surface area contributed by atoms with Gasteiger partial charge in [-0.05, 0) is 31.7 Å². The molecule has 1 aromatic heterocycles. The minimum Gasteiger partial charge on any atom is -0.347 e. The lowest BCUT2D eigenvalue weighted by atomic mass is 9.81. The summed E-state index contributed by atoms with van der Waals surface area (Å²) in [5, 5.41) is 2.85. The average Bonchev–Trinajstić information content (AvgIpc) is 2.24. The highest BCUT2D eigenvalue weighted by molar-refractivity contribution is 5.95. The molecular weight excluding hydrogens is 259 g/mol. The third kappa shape index (κ3) is 4.45. The van der Waals surface area contributed by atoms with Crippen molar-refractivity contribution < 1.29 is 9.18 Å².